The summed E-state index contributed by atoms with van der Waals surface area (Å²) in [4.78, 5) is 5.36. The van der Waals surface area contributed by atoms with Crippen molar-refractivity contribution >= 4 is 18.0 Å². The van der Waals surface area contributed by atoms with Crippen LogP contribution in [0, 0.1) is 0 Å². The first-order valence-corrected chi connectivity index (χ1v) is 3.39. The van der Waals surface area contributed by atoms with E-state index in [1.54, 1.807) is 11.8 Å². The first-order valence-electron chi connectivity index (χ1n) is 2.16. The highest BCUT2D eigenvalue weighted by molar-refractivity contribution is 8.02. The molecule has 7 heavy (non-hydrogen) atoms. The number of rotatable bonds is 1. The summed E-state index contributed by atoms with van der Waals surface area (Å²) in [6.07, 6.45) is 5.97. The van der Waals surface area contributed by atoms with E-state index in [-0.39, 0.29) is 0 Å². The molecule has 0 amide bonds. The van der Waals surface area contributed by atoms with Gasteiger partial charge >= 0.3 is 0 Å². The molecule has 1 aliphatic rings. The second kappa shape index (κ2) is 2.17. The van der Waals surface area contributed by atoms with E-state index < -0.39 is 0 Å². The van der Waals surface area contributed by atoms with Crippen molar-refractivity contribution in [2.75, 3.05) is 12.8 Å². The molecule has 1 rings (SSSR count). The van der Waals surface area contributed by atoms with Gasteiger partial charge in [-0.3, -0.25) is 4.99 Å². The summed E-state index contributed by atoms with van der Waals surface area (Å²) >= 11 is 1.77. The van der Waals surface area contributed by atoms with E-state index in [0.29, 0.717) is 0 Å². The zero-order valence-electron chi connectivity index (χ0n) is 4.22. The van der Waals surface area contributed by atoms with Gasteiger partial charge in [-0.25, -0.2) is 0 Å². The molecule has 38 valence electrons. The molecule has 0 fully saturated rings. The summed E-state index contributed by atoms with van der Waals surface area (Å²) in [7, 11) is 0. The third kappa shape index (κ3) is 1.06. The summed E-state index contributed by atoms with van der Waals surface area (Å²) in [5.74, 6) is 0. The highest BCUT2D eigenvalue weighted by Crippen LogP contribution is 2.12. The fourth-order valence-electron chi connectivity index (χ4n) is 0.464. The van der Waals surface area contributed by atoms with E-state index >= 15 is 0 Å². The minimum Gasteiger partial charge on any atom is -0.288 e. The highest BCUT2D eigenvalue weighted by Gasteiger charge is 1.93. The summed E-state index contributed by atoms with van der Waals surface area (Å²) in [6.45, 7) is 0.904. The van der Waals surface area contributed by atoms with Crippen LogP contribution in [0.5, 0.6) is 0 Å². The standard InChI is InChI=1S/C5H7NS/c1-7-5-2-3-6-4-5/h2-3H,4H2,1H3. The molecule has 1 heterocycles. The van der Waals surface area contributed by atoms with Gasteiger partial charge in [0.05, 0.1) is 6.54 Å². The van der Waals surface area contributed by atoms with Crippen molar-refractivity contribution in [2.24, 2.45) is 4.99 Å². The molecular formula is C5H7NS. The topological polar surface area (TPSA) is 12.4 Å². The molecule has 1 nitrogen and oxygen atoms in total. The molecule has 0 aromatic carbocycles. The fourth-order valence-corrected chi connectivity index (χ4v) is 0.864. The van der Waals surface area contributed by atoms with Crippen LogP contribution in [0.4, 0.5) is 0 Å². The molecule has 0 saturated carbocycles. The Hall–Kier alpha value is -0.240. The van der Waals surface area contributed by atoms with E-state index in [1.807, 2.05) is 12.3 Å². The Balaban J connectivity index is 2.45. The average Bonchev–Trinajstić information content (AvgIpc) is 2.14. The van der Waals surface area contributed by atoms with Crippen LogP contribution in [0.15, 0.2) is 16.0 Å². The van der Waals surface area contributed by atoms with Crippen LogP contribution in [0.25, 0.3) is 0 Å². The Bertz CT molecular complexity index is 115. The van der Waals surface area contributed by atoms with Crippen LogP contribution < -0.4 is 0 Å². The van der Waals surface area contributed by atoms with Crippen molar-refractivity contribution in [2.45, 2.75) is 0 Å². The first kappa shape index (κ1) is 4.91. The van der Waals surface area contributed by atoms with Gasteiger partial charge in [0.15, 0.2) is 0 Å². The zero-order chi connectivity index (χ0) is 5.11. The highest BCUT2D eigenvalue weighted by atomic mass is 32.2. The molecule has 0 unspecified atom stereocenters. The maximum Gasteiger partial charge on any atom is 0.0699 e. The Morgan fingerprint density at radius 1 is 1.86 bits per heavy atom. The molecule has 2 heteroatoms. The first-order chi connectivity index (χ1) is 3.43. The molecule has 0 aliphatic carbocycles. The molecule has 0 N–H and O–H groups in total. The number of allylic oxidation sites excluding steroid dienone is 1. The van der Waals surface area contributed by atoms with E-state index in [2.05, 4.69) is 11.2 Å². The van der Waals surface area contributed by atoms with Crippen molar-refractivity contribution in [3.8, 4) is 0 Å². The lowest BCUT2D eigenvalue weighted by Gasteiger charge is -1.87. The second-order valence-electron chi connectivity index (χ2n) is 1.33. The van der Waals surface area contributed by atoms with Crippen molar-refractivity contribution in [3.05, 3.63) is 11.0 Å². The van der Waals surface area contributed by atoms with Crippen molar-refractivity contribution in [1.29, 1.82) is 0 Å². The number of hydrogen-bond donors (Lipinski definition) is 0. The van der Waals surface area contributed by atoms with Crippen molar-refractivity contribution in [3.63, 3.8) is 0 Å². The minimum absolute atomic E-state index is 0.904. The predicted octanol–water partition coefficient (Wildman–Crippen LogP) is 1.32. The normalized spacial score (nSPS) is 17.6. The number of nitrogens with zero attached hydrogens (tertiary/aromatic N) is 1. The lowest BCUT2D eigenvalue weighted by Crippen LogP contribution is -1.71. The van der Waals surface area contributed by atoms with E-state index in [0.717, 1.165) is 6.54 Å². The Kier molecular flexibility index (Phi) is 1.52. The van der Waals surface area contributed by atoms with Crippen LogP contribution in [0.1, 0.15) is 0 Å². The minimum atomic E-state index is 0.904. The van der Waals surface area contributed by atoms with Gasteiger partial charge in [-0.1, -0.05) is 0 Å². The van der Waals surface area contributed by atoms with E-state index in [1.165, 1.54) is 4.91 Å². The van der Waals surface area contributed by atoms with Gasteiger partial charge in [0.25, 0.3) is 0 Å². The van der Waals surface area contributed by atoms with Gasteiger partial charge in [0, 0.05) is 11.1 Å². The van der Waals surface area contributed by atoms with Crippen LogP contribution in [0.3, 0.4) is 0 Å². The van der Waals surface area contributed by atoms with Gasteiger partial charge in [-0.2, -0.15) is 0 Å². The van der Waals surface area contributed by atoms with Gasteiger partial charge < -0.3 is 0 Å². The number of thioether (sulfide) groups is 1. The summed E-state index contributed by atoms with van der Waals surface area (Å²) in [6, 6.07) is 0. The summed E-state index contributed by atoms with van der Waals surface area (Å²) in [5, 5.41) is 0. The van der Waals surface area contributed by atoms with Crippen molar-refractivity contribution < 1.29 is 0 Å². The van der Waals surface area contributed by atoms with Crippen LogP contribution in [0.2, 0.25) is 0 Å². The molecule has 0 spiro atoms. The predicted molar refractivity (Wildman–Crippen MR) is 35.0 cm³/mol. The lowest BCUT2D eigenvalue weighted by atomic mass is 10.6. The number of hydrogen-bond acceptors (Lipinski definition) is 2. The maximum atomic E-state index is 4.00. The third-order valence-electron chi connectivity index (χ3n) is 0.875. The molecule has 0 aromatic rings. The largest absolute Gasteiger partial charge is 0.288 e. The van der Waals surface area contributed by atoms with Crippen molar-refractivity contribution in [1.82, 2.24) is 0 Å². The molecular weight excluding hydrogens is 106 g/mol. The van der Waals surface area contributed by atoms with Crippen LogP contribution in [-0.2, 0) is 0 Å². The molecule has 0 saturated heterocycles. The van der Waals surface area contributed by atoms with E-state index in [9.17, 15) is 0 Å². The van der Waals surface area contributed by atoms with Gasteiger partial charge in [-0.15, -0.1) is 11.8 Å². The quantitative estimate of drug-likeness (QED) is 0.499. The summed E-state index contributed by atoms with van der Waals surface area (Å²) < 4.78 is 0. The summed E-state index contributed by atoms with van der Waals surface area (Å²) in [5.41, 5.74) is 0. The van der Waals surface area contributed by atoms with Gasteiger partial charge in [0.2, 0.25) is 0 Å². The molecule has 0 aromatic heterocycles. The van der Waals surface area contributed by atoms with Crippen LogP contribution >= 0.6 is 11.8 Å². The molecule has 1 aliphatic heterocycles. The second-order valence-corrected chi connectivity index (χ2v) is 2.26. The monoisotopic (exact) mass is 113 g/mol. The maximum absolute atomic E-state index is 4.00. The molecule has 0 bridgehead atoms. The number of aliphatic imine (C=N–C) groups is 1. The lowest BCUT2D eigenvalue weighted by molar-refractivity contribution is 1.27. The molecule has 0 radical (unpaired) electrons. The Labute approximate surface area is 47.5 Å². The SMILES string of the molecule is CSC1=CC=NC1. The van der Waals surface area contributed by atoms with E-state index in [4.69, 9.17) is 0 Å². The average molecular weight is 113 g/mol. The smallest absolute Gasteiger partial charge is 0.0699 e. The molecule has 0 atom stereocenters. The van der Waals surface area contributed by atoms with Gasteiger partial charge in [0.1, 0.15) is 0 Å². The Morgan fingerprint density at radius 2 is 2.71 bits per heavy atom. The zero-order valence-corrected chi connectivity index (χ0v) is 5.03. The van der Waals surface area contributed by atoms with Crippen LogP contribution in [-0.4, -0.2) is 19.0 Å². The Morgan fingerprint density at radius 3 is 3.00 bits per heavy atom. The van der Waals surface area contributed by atoms with Gasteiger partial charge in [-0.05, 0) is 12.3 Å². The third-order valence-corrected chi connectivity index (χ3v) is 1.66. The fraction of sp³-hybridized carbons (Fsp3) is 0.400.